The van der Waals surface area contributed by atoms with Crippen LogP contribution in [0.2, 0.25) is 0 Å². The zero-order chi connectivity index (χ0) is 16.8. The quantitative estimate of drug-likeness (QED) is 0.833. The normalized spacial score (nSPS) is 14.8. The molecule has 0 saturated heterocycles. The minimum absolute atomic E-state index is 0.116. The molecule has 0 spiro atoms. The molecule has 4 nitrogen and oxygen atoms in total. The molecule has 1 saturated carbocycles. The molecule has 0 unspecified atom stereocenters. The molecule has 1 heterocycles. The van der Waals surface area contributed by atoms with E-state index in [1.807, 2.05) is 35.9 Å². The Kier molecular flexibility index (Phi) is 4.08. The van der Waals surface area contributed by atoms with Crippen molar-refractivity contribution in [2.75, 3.05) is 5.32 Å². The zero-order valence-electron chi connectivity index (χ0n) is 14.0. The molecule has 1 aromatic carbocycles. The highest BCUT2D eigenvalue weighted by Gasteiger charge is 2.31. The number of benzene rings is 1. The van der Waals surface area contributed by atoms with Gasteiger partial charge >= 0.3 is 0 Å². The fraction of sp³-hybridized carbons (Fsp3) is 0.444. The molecule has 0 aliphatic heterocycles. The predicted molar refractivity (Wildman–Crippen MR) is 96.0 cm³/mol. The monoisotopic (exact) mass is 375 g/mol. The maximum atomic E-state index is 12.7. The van der Waals surface area contributed by atoms with E-state index >= 15 is 0 Å². The zero-order valence-corrected chi connectivity index (χ0v) is 15.6. The van der Waals surface area contributed by atoms with Crippen molar-refractivity contribution < 1.29 is 4.79 Å². The summed E-state index contributed by atoms with van der Waals surface area (Å²) in [5, 5.41) is 7.67. The van der Waals surface area contributed by atoms with Crippen LogP contribution in [0.3, 0.4) is 0 Å². The van der Waals surface area contributed by atoms with Gasteiger partial charge in [-0.25, -0.2) is 0 Å². The molecule has 1 amide bonds. The van der Waals surface area contributed by atoms with Crippen LogP contribution >= 0.6 is 15.9 Å². The minimum atomic E-state index is -0.228. The van der Waals surface area contributed by atoms with Crippen LogP contribution in [0.1, 0.15) is 61.3 Å². The second kappa shape index (κ2) is 5.78. The van der Waals surface area contributed by atoms with Gasteiger partial charge in [0.05, 0.1) is 11.2 Å². The molecule has 0 atom stereocenters. The Balaban J connectivity index is 1.90. The van der Waals surface area contributed by atoms with Crippen LogP contribution < -0.4 is 5.32 Å². The Morgan fingerprint density at radius 1 is 1.30 bits per heavy atom. The summed E-state index contributed by atoms with van der Waals surface area (Å²) in [4.78, 5) is 12.7. The summed E-state index contributed by atoms with van der Waals surface area (Å²) in [6, 6.07) is 7.77. The number of anilines is 1. The summed E-state index contributed by atoms with van der Waals surface area (Å²) >= 11 is 3.50. The number of aryl methyl sites for hydroxylation is 1. The fourth-order valence-electron chi connectivity index (χ4n) is 2.52. The maximum Gasteiger partial charge on any atom is 0.273 e. The summed E-state index contributed by atoms with van der Waals surface area (Å²) in [5.74, 6) is 0.411. The van der Waals surface area contributed by atoms with Gasteiger partial charge in [0.1, 0.15) is 5.69 Å². The summed E-state index contributed by atoms with van der Waals surface area (Å²) in [5.41, 5.74) is 3.35. The van der Waals surface area contributed by atoms with Crippen LogP contribution in [0.5, 0.6) is 0 Å². The standard InChI is InChI=1S/C18H22BrN3O/c1-11-5-8-13(9-14(11)19)20-17(23)16-10-15(12-6-7-12)21-22(16)18(2,3)4/h5,8-10,12H,6-7H2,1-4H3,(H,20,23). The number of rotatable bonds is 3. The van der Waals surface area contributed by atoms with Crippen molar-refractivity contribution >= 4 is 27.5 Å². The highest BCUT2D eigenvalue weighted by atomic mass is 79.9. The average Bonchev–Trinajstić information content (AvgIpc) is 3.20. The number of nitrogens with zero attached hydrogens (tertiary/aromatic N) is 2. The first-order valence-corrected chi connectivity index (χ1v) is 8.73. The molecular weight excluding hydrogens is 354 g/mol. The molecule has 2 aromatic rings. The van der Waals surface area contributed by atoms with E-state index in [1.54, 1.807) is 0 Å². The number of amides is 1. The van der Waals surface area contributed by atoms with Crippen molar-refractivity contribution in [2.24, 2.45) is 0 Å². The number of carbonyl (C=O) groups is 1. The van der Waals surface area contributed by atoms with Crippen LogP contribution in [0, 0.1) is 6.92 Å². The van der Waals surface area contributed by atoms with Crippen molar-refractivity contribution in [3.05, 3.63) is 45.7 Å². The van der Waals surface area contributed by atoms with E-state index in [0.29, 0.717) is 11.6 Å². The summed E-state index contributed by atoms with van der Waals surface area (Å²) in [6.07, 6.45) is 2.35. The van der Waals surface area contributed by atoms with Gasteiger partial charge in [0, 0.05) is 16.1 Å². The number of hydrogen-bond acceptors (Lipinski definition) is 2. The Morgan fingerprint density at radius 2 is 2.00 bits per heavy atom. The Labute approximate surface area is 145 Å². The van der Waals surface area contributed by atoms with E-state index in [-0.39, 0.29) is 11.4 Å². The molecule has 1 aliphatic rings. The SMILES string of the molecule is Cc1ccc(NC(=O)c2cc(C3CC3)nn2C(C)(C)C)cc1Br. The average molecular weight is 376 g/mol. The van der Waals surface area contributed by atoms with Crippen LogP contribution in [0.25, 0.3) is 0 Å². The van der Waals surface area contributed by atoms with E-state index in [1.165, 1.54) is 12.8 Å². The lowest BCUT2D eigenvalue weighted by atomic mass is 10.1. The lowest BCUT2D eigenvalue weighted by Gasteiger charge is -2.22. The molecule has 1 fully saturated rings. The van der Waals surface area contributed by atoms with E-state index in [9.17, 15) is 4.79 Å². The van der Waals surface area contributed by atoms with Gasteiger partial charge < -0.3 is 5.32 Å². The molecule has 1 aromatic heterocycles. The third-order valence-electron chi connectivity index (χ3n) is 4.02. The summed E-state index contributed by atoms with van der Waals surface area (Å²) in [6.45, 7) is 8.22. The number of nitrogens with one attached hydrogen (secondary N) is 1. The summed E-state index contributed by atoms with van der Waals surface area (Å²) < 4.78 is 2.83. The molecule has 122 valence electrons. The van der Waals surface area contributed by atoms with E-state index in [4.69, 9.17) is 0 Å². The first-order valence-electron chi connectivity index (χ1n) is 7.93. The molecule has 1 N–H and O–H groups in total. The van der Waals surface area contributed by atoms with Gasteiger partial charge in [-0.2, -0.15) is 5.10 Å². The molecule has 5 heteroatoms. The van der Waals surface area contributed by atoms with Crippen molar-refractivity contribution in [2.45, 2.75) is 52.0 Å². The van der Waals surface area contributed by atoms with Crippen molar-refractivity contribution in [1.82, 2.24) is 9.78 Å². The molecule has 1 aliphatic carbocycles. The number of hydrogen-bond donors (Lipinski definition) is 1. The lowest BCUT2D eigenvalue weighted by molar-refractivity contribution is 0.100. The number of carbonyl (C=O) groups excluding carboxylic acids is 1. The van der Waals surface area contributed by atoms with Crippen LogP contribution in [-0.2, 0) is 5.54 Å². The molecule has 3 rings (SSSR count). The topological polar surface area (TPSA) is 46.9 Å². The van der Waals surface area contributed by atoms with Crippen molar-refractivity contribution in [3.8, 4) is 0 Å². The number of halogens is 1. The van der Waals surface area contributed by atoms with E-state index < -0.39 is 0 Å². The van der Waals surface area contributed by atoms with Crippen LogP contribution in [0.4, 0.5) is 5.69 Å². The third-order valence-corrected chi connectivity index (χ3v) is 4.88. The first-order chi connectivity index (χ1) is 10.8. The lowest BCUT2D eigenvalue weighted by Crippen LogP contribution is -2.29. The third kappa shape index (κ3) is 3.50. The second-order valence-electron chi connectivity index (χ2n) is 7.23. The van der Waals surface area contributed by atoms with E-state index in [2.05, 4.69) is 47.1 Å². The van der Waals surface area contributed by atoms with Crippen LogP contribution in [0.15, 0.2) is 28.7 Å². The van der Waals surface area contributed by atoms with Gasteiger partial charge in [0.15, 0.2) is 0 Å². The van der Waals surface area contributed by atoms with Gasteiger partial charge in [-0.05, 0) is 64.3 Å². The first kappa shape index (κ1) is 16.2. The molecule has 0 bridgehead atoms. The summed E-state index contributed by atoms with van der Waals surface area (Å²) in [7, 11) is 0. The Bertz CT molecular complexity index is 754. The van der Waals surface area contributed by atoms with Gasteiger partial charge in [0.2, 0.25) is 0 Å². The highest BCUT2D eigenvalue weighted by Crippen LogP contribution is 2.40. The second-order valence-corrected chi connectivity index (χ2v) is 8.08. The number of aromatic nitrogens is 2. The van der Waals surface area contributed by atoms with Crippen LogP contribution in [-0.4, -0.2) is 15.7 Å². The highest BCUT2D eigenvalue weighted by molar-refractivity contribution is 9.10. The Morgan fingerprint density at radius 3 is 2.57 bits per heavy atom. The smallest absolute Gasteiger partial charge is 0.273 e. The molecule has 0 radical (unpaired) electrons. The van der Waals surface area contributed by atoms with E-state index in [0.717, 1.165) is 21.4 Å². The van der Waals surface area contributed by atoms with Gasteiger partial charge in [0.25, 0.3) is 5.91 Å². The maximum absolute atomic E-state index is 12.7. The van der Waals surface area contributed by atoms with Gasteiger partial charge in [-0.15, -0.1) is 0 Å². The van der Waals surface area contributed by atoms with Gasteiger partial charge in [-0.1, -0.05) is 22.0 Å². The van der Waals surface area contributed by atoms with Gasteiger partial charge in [-0.3, -0.25) is 9.48 Å². The molecule has 23 heavy (non-hydrogen) atoms. The predicted octanol–water partition coefficient (Wildman–Crippen LogP) is 4.84. The largest absolute Gasteiger partial charge is 0.321 e. The van der Waals surface area contributed by atoms with Crippen molar-refractivity contribution in [1.29, 1.82) is 0 Å². The minimum Gasteiger partial charge on any atom is -0.321 e. The van der Waals surface area contributed by atoms with Crippen molar-refractivity contribution in [3.63, 3.8) is 0 Å². The Hall–Kier alpha value is -1.62. The molecular formula is C18H22BrN3O. The fourth-order valence-corrected chi connectivity index (χ4v) is 2.90.